The van der Waals surface area contributed by atoms with Crippen LogP contribution in [0.1, 0.15) is 84.7 Å². The minimum Gasteiger partial charge on any atom is -0.497 e. The van der Waals surface area contributed by atoms with Crippen LogP contribution >= 0.6 is 8.53 Å². The van der Waals surface area contributed by atoms with Crippen LogP contribution in [0.2, 0.25) is 18.1 Å². The number of carbonyl (C=O) groups excluding carboxylic acids is 1. The van der Waals surface area contributed by atoms with Crippen molar-refractivity contribution in [2.75, 3.05) is 32.8 Å². The van der Waals surface area contributed by atoms with Gasteiger partial charge in [-0.05, 0) is 92.8 Å². The lowest BCUT2D eigenvalue weighted by Gasteiger charge is -2.42. The maximum absolute atomic E-state index is 14.0. The third-order valence-corrected chi connectivity index (χ3v) is 18.0. The van der Waals surface area contributed by atoms with Crippen molar-refractivity contribution in [1.82, 2.24) is 14.2 Å². The average Bonchev–Trinajstić information content (AvgIpc) is 3.55. The summed E-state index contributed by atoms with van der Waals surface area (Å²) >= 11 is 0. The highest BCUT2D eigenvalue weighted by atomic mass is 31.2. The Bertz CT molecular complexity index is 2140. The molecule has 4 aromatic rings. The molecule has 5 atom stereocenters. The molecule has 1 amide bonds. The zero-order chi connectivity index (χ0) is 46.1. The fraction of sp³-hybridized carbons (Fsp3) is 0.489. The second kappa shape index (κ2) is 21.5. The van der Waals surface area contributed by atoms with E-state index in [9.17, 15) is 14.9 Å². The van der Waals surface area contributed by atoms with Crippen molar-refractivity contribution >= 4 is 28.6 Å². The lowest BCUT2D eigenvalue weighted by atomic mass is 9.80. The molecule has 16 heteroatoms. The first-order valence-electron chi connectivity index (χ1n) is 21.3. The Balaban J connectivity index is 1.74. The number of benzene rings is 3. The number of nitrogens with one attached hydrogen (secondary N) is 1. The fourth-order valence-corrected chi connectivity index (χ4v) is 10.4. The summed E-state index contributed by atoms with van der Waals surface area (Å²) in [5.41, 5.74) is 0.633. The molecule has 0 bridgehead atoms. The topological polar surface area (TPSA) is 156 Å². The van der Waals surface area contributed by atoms with Crippen LogP contribution in [0.4, 0.5) is 5.82 Å². The van der Waals surface area contributed by atoms with E-state index in [2.05, 4.69) is 82.6 Å². The predicted molar refractivity (Wildman–Crippen MR) is 247 cm³/mol. The van der Waals surface area contributed by atoms with Gasteiger partial charge in [0.15, 0.2) is 14.5 Å². The molecule has 0 radical (unpaired) electrons. The minimum absolute atomic E-state index is 0.00483. The third-order valence-electron chi connectivity index (χ3n) is 11.4. The summed E-state index contributed by atoms with van der Waals surface area (Å²) in [4.78, 5) is 30.2. The summed E-state index contributed by atoms with van der Waals surface area (Å²) in [6, 6.07) is 29.2. The van der Waals surface area contributed by atoms with E-state index >= 15 is 0 Å². The fourth-order valence-electron chi connectivity index (χ4n) is 7.37. The van der Waals surface area contributed by atoms with E-state index in [1.807, 2.05) is 78.9 Å². The Morgan fingerprint density at radius 2 is 1.46 bits per heavy atom. The molecule has 2 heterocycles. The van der Waals surface area contributed by atoms with Crippen molar-refractivity contribution in [1.29, 1.82) is 5.26 Å². The highest BCUT2D eigenvalue weighted by molar-refractivity contribution is 7.44. The summed E-state index contributed by atoms with van der Waals surface area (Å²) in [5.74, 6) is 1.12. The van der Waals surface area contributed by atoms with Gasteiger partial charge in [0, 0.05) is 25.2 Å². The van der Waals surface area contributed by atoms with Crippen molar-refractivity contribution in [2.45, 2.75) is 122 Å². The van der Waals surface area contributed by atoms with Crippen LogP contribution in [0.3, 0.4) is 0 Å². The van der Waals surface area contributed by atoms with Gasteiger partial charge in [-0.2, -0.15) is 10.2 Å². The van der Waals surface area contributed by atoms with Gasteiger partial charge in [-0.1, -0.05) is 75.4 Å². The number of rotatable bonds is 20. The molecule has 340 valence electrons. The summed E-state index contributed by atoms with van der Waals surface area (Å²) in [6.45, 7) is 20.4. The molecule has 0 aliphatic carbocycles. The van der Waals surface area contributed by atoms with Gasteiger partial charge >= 0.3 is 5.69 Å². The van der Waals surface area contributed by atoms with Gasteiger partial charge in [-0.15, -0.1) is 0 Å². The Morgan fingerprint density at radius 3 is 1.94 bits per heavy atom. The quantitative estimate of drug-likeness (QED) is 0.0389. The van der Waals surface area contributed by atoms with Gasteiger partial charge in [0.25, 0.3) is 8.53 Å². The molecule has 1 aromatic heterocycles. The normalized spacial score (nSPS) is 18.7. The van der Waals surface area contributed by atoms with Crippen LogP contribution in [0.15, 0.2) is 95.9 Å². The Morgan fingerprint density at radius 1 is 0.905 bits per heavy atom. The van der Waals surface area contributed by atoms with Gasteiger partial charge in [-0.25, -0.2) is 9.46 Å². The maximum Gasteiger partial charge on any atom is 0.351 e. The van der Waals surface area contributed by atoms with E-state index in [-0.39, 0.29) is 48.5 Å². The van der Waals surface area contributed by atoms with Gasteiger partial charge in [0.1, 0.15) is 41.2 Å². The molecule has 3 aromatic carbocycles. The monoisotopic (exact) mass is 901 g/mol. The van der Waals surface area contributed by atoms with Crippen LogP contribution in [0, 0.1) is 11.3 Å². The maximum atomic E-state index is 14.0. The Kier molecular flexibility index (Phi) is 16.9. The van der Waals surface area contributed by atoms with E-state index in [0.717, 1.165) is 16.7 Å². The number of amides is 1. The molecule has 1 saturated heterocycles. The molecular formula is C47H64N5O9PSi. The Hall–Kier alpha value is -4.49. The standard InChI is InChI=1S/C47H64N5O9PSi/c1-32(2)52(33(3)4)62(58-30-16-28-48)60-42-40(59-44(43(42)61-63(11,12)46(6,7)8)51-29-27-41(49-34(5)53)50-45(51)54)31-57-47(35-17-14-13-15-18-35,36-19-23-38(55-9)24-20-36)37-21-25-39(56-10)26-22-37/h13-15,17-27,29,32-33,40,42-44H,16,30-31H2,1-12H3,(H,49,50,53,54)/t40-,42-,43-,44-,62-/m1/s1. The van der Waals surface area contributed by atoms with Crippen molar-refractivity contribution in [2.24, 2.45) is 0 Å². The lowest BCUT2D eigenvalue weighted by molar-refractivity contribution is -0.114. The molecule has 1 fully saturated rings. The number of nitriles is 1. The molecule has 0 spiro atoms. The van der Waals surface area contributed by atoms with E-state index < -0.39 is 52.7 Å². The predicted octanol–water partition coefficient (Wildman–Crippen LogP) is 9.18. The number of carbonyl (C=O) groups is 1. The second-order valence-corrected chi connectivity index (χ2v) is 23.7. The smallest absolute Gasteiger partial charge is 0.351 e. The summed E-state index contributed by atoms with van der Waals surface area (Å²) in [6.07, 6.45) is -1.94. The number of anilines is 1. The van der Waals surface area contributed by atoms with Gasteiger partial charge < -0.3 is 37.7 Å². The highest BCUT2D eigenvalue weighted by Crippen LogP contribution is 2.52. The zero-order valence-electron chi connectivity index (χ0n) is 38.7. The summed E-state index contributed by atoms with van der Waals surface area (Å²) < 4.78 is 50.3. The number of aromatic nitrogens is 2. The van der Waals surface area contributed by atoms with Crippen molar-refractivity contribution < 1.29 is 37.2 Å². The highest BCUT2D eigenvalue weighted by Gasteiger charge is 2.54. The lowest BCUT2D eigenvalue weighted by Crippen LogP contribution is -2.50. The molecule has 5 rings (SSSR count). The van der Waals surface area contributed by atoms with Crippen molar-refractivity contribution in [3.05, 3.63) is 118 Å². The van der Waals surface area contributed by atoms with Crippen LogP contribution in [0.25, 0.3) is 0 Å². The molecule has 63 heavy (non-hydrogen) atoms. The SMILES string of the molecule is COc1ccc(C(OC[C@H]2O[C@@H](n3ccc(NC(C)=O)nc3=O)[C@H](O[Si](C)(C)C(C)(C)C)[C@@H]2O[P@@](OCCC#N)N(C(C)C)C(C)C)(c2ccccc2)c2ccc(OC)cc2)cc1. The first kappa shape index (κ1) is 49.5. The van der Waals surface area contributed by atoms with Crippen LogP contribution < -0.4 is 20.5 Å². The average molecular weight is 902 g/mol. The van der Waals surface area contributed by atoms with Crippen LogP contribution in [-0.4, -0.2) is 86.3 Å². The van der Waals surface area contributed by atoms with Crippen molar-refractivity contribution in [3.63, 3.8) is 0 Å². The minimum atomic E-state index is -2.66. The Labute approximate surface area is 374 Å². The molecule has 1 aliphatic heterocycles. The number of nitrogens with zero attached hydrogens (tertiary/aromatic N) is 4. The largest absolute Gasteiger partial charge is 0.497 e. The second-order valence-electron chi connectivity index (χ2n) is 17.5. The molecule has 14 nitrogen and oxygen atoms in total. The van der Waals surface area contributed by atoms with E-state index in [0.29, 0.717) is 11.5 Å². The number of methoxy groups -OCH3 is 2. The first-order chi connectivity index (χ1) is 29.9. The van der Waals surface area contributed by atoms with Crippen LogP contribution in [0.5, 0.6) is 11.5 Å². The first-order valence-corrected chi connectivity index (χ1v) is 25.3. The number of hydrogen-bond acceptors (Lipinski definition) is 12. The van der Waals surface area contributed by atoms with E-state index in [1.54, 1.807) is 26.5 Å². The third kappa shape index (κ3) is 11.6. The number of ether oxygens (including phenoxy) is 4. The van der Waals surface area contributed by atoms with Gasteiger partial charge in [-0.3, -0.25) is 9.36 Å². The summed E-state index contributed by atoms with van der Waals surface area (Å²) in [5, 5.41) is 11.9. The van der Waals surface area contributed by atoms with E-state index in [4.69, 9.17) is 32.4 Å². The molecular weight excluding hydrogens is 838 g/mol. The van der Waals surface area contributed by atoms with E-state index in [1.165, 1.54) is 11.5 Å². The zero-order valence-corrected chi connectivity index (χ0v) is 40.6. The molecule has 1 N–H and O–H groups in total. The van der Waals surface area contributed by atoms with Crippen LogP contribution in [-0.2, 0) is 33.3 Å². The molecule has 1 aliphatic rings. The van der Waals surface area contributed by atoms with Gasteiger partial charge in [0.05, 0.1) is 39.9 Å². The van der Waals surface area contributed by atoms with Crippen molar-refractivity contribution in [3.8, 4) is 17.6 Å². The molecule has 0 unspecified atom stereocenters. The molecule has 0 saturated carbocycles. The summed E-state index contributed by atoms with van der Waals surface area (Å²) in [7, 11) is -1.24. The van der Waals surface area contributed by atoms with Gasteiger partial charge in [0.2, 0.25) is 5.91 Å². The number of hydrogen-bond donors (Lipinski definition) is 1.